The number of benzene rings is 1. The summed E-state index contributed by atoms with van der Waals surface area (Å²) in [5.41, 5.74) is 0.415. The van der Waals surface area contributed by atoms with Crippen molar-refractivity contribution in [3.05, 3.63) is 65.8 Å². The van der Waals surface area contributed by atoms with Crippen LogP contribution in [0.3, 0.4) is 0 Å². The molecule has 0 atom stereocenters. The van der Waals surface area contributed by atoms with E-state index < -0.39 is 11.6 Å². The Morgan fingerprint density at radius 3 is 2.64 bits per heavy atom. The molecule has 0 amide bonds. The van der Waals surface area contributed by atoms with Crippen LogP contribution < -0.4 is 0 Å². The van der Waals surface area contributed by atoms with E-state index in [1.165, 1.54) is 0 Å². The maximum atomic E-state index is 13.9. The van der Waals surface area contributed by atoms with E-state index in [1.54, 1.807) is 24.7 Å². The second kappa shape index (κ2) is 8.18. The zero-order chi connectivity index (χ0) is 19.5. The van der Waals surface area contributed by atoms with Gasteiger partial charge in [-0.25, -0.2) is 13.8 Å². The van der Waals surface area contributed by atoms with Crippen molar-refractivity contribution in [3.63, 3.8) is 0 Å². The molecule has 28 heavy (non-hydrogen) atoms. The first-order valence-electron chi connectivity index (χ1n) is 9.68. The predicted octanol–water partition coefficient (Wildman–Crippen LogP) is 3.20. The van der Waals surface area contributed by atoms with Gasteiger partial charge in [-0.15, -0.1) is 10.2 Å². The number of imidazole rings is 1. The molecule has 0 N–H and O–H groups in total. The molecular formula is C20H24F2N6. The van der Waals surface area contributed by atoms with Crippen LogP contribution in [0.5, 0.6) is 0 Å². The number of rotatable bonds is 6. The fourth-order valence-electron chi connectivity index (χ4n) is 3.92. The normalized spacial score (nSPS) is 16.0. The molecule has 8 heteroatoms. The van der Waals surface area contributed by atoms with E-state index in [1.807, 2.05) is 10.8 Å². The summed E-state index contributed by atoms with van der Waals surface area (Å²) >= 11 is 0. The number of nitrogens with zero attached hydrogens (tertiary/aromatic N) is 6. The number of aromatic nitrogens is 5. The molecule has 2 aromatic heterocycles. The third-order valence-electron chi connectivity index (χ3n) is 5.43. The summed E-state index contributed by atoms with van der Waals surface area (Å²) in [4.78, 5) is 6.25. The van der Waals surface area contributed by atoms with Crippen LogP contribution >= 0.6 is 0 Å². The molecule has 6 nitrogen and oxygen atoms in total. The van der Waals surface area contributed by atoms with Gasteiger partial charge in [0.05, 0.1) is 12.9 Å². The average Bonchev–Trinajstić information content (AvgIpc) is 3.36. The lowest BCUT2D eigenvalue weighted by Crippen LogP contribution is -2.33. The van der Waals surface area contributed by atoms with Gasteiger partial charge in [0.1, 0.15) is 5.82 Å². The van der Waals surface area contributed by atoms with Crippen LogP contribution in [-0.4, -0.2) is 42.3 Å². The van der Waals surface area contributed by atoms with Crippen LogP contribution in [0.4, 0.5) is 8.78 Å². The van der Waals surface area contributed by atoms with Crippen LogP contribution in [0.15, 0.2) is 36.9 Å². The molecule has 0 bridgehead atoms. The van der Waals surface area contributed by atoms with E-state index in [0.29, 0.717) is 24.6 Å². The van der Waals surface area contributed by atoms with Gasteiger partial charge in [0.2, 0.25) is 0 Å². The molecule has 1 aliphatic rings. The summed E-state index contributed by atoms with van der Waals surface area (Å²) in [6.07, 6.45) is 7.31. The van der Waals surface area contributed by atoms with Crippen molar-refractivity contribution >= 4 is 0 Å². The highest BCUT2D eigenvalue weighted by atomic mass is 19.2. The van der Waals surface area contributed by atoms with E-state index in [0.717, 1.165) is 50.2 Å². The molecule has 1 saturated heterocycles. The highest BCUT2D eigenvalue weighted by Crippen LogP contribution is 2.28. The Labute approximate surface area is 162 Å². The summed E-state index contributed by atoms with van der Waals surface area (Å²) in [5.74, 6) is 0.764. The van der Waals surface area contributed by atoms with Crippen molar-refractivity contribution in [1.82, 2.24) is 29.2 Å². The molecule has 148 valence electrons. The molecule has 1 fully saturated rings. The maximum absolute atomic E-state index is 13.9. The minimum absolute atomic E-state index is 0.331. The van der Waals surface area contributed by atoms with E-state index >= 15 is 0 Å². The zero-order valence-corrected chi connectivity index (χ0v) is 15.9. The lowest BCUT2D eigenvalue weighted by molar-refractivity contribution is 0.197. The zero-order valence-electron chi connectivity index (χ0n) is 15.9. The van der Waals surface area contributed by atoms with E-state index in [9.17, 15) is 8.78 Å². The standard InChI is InChI=1S/C20H24F2N6/c1-2-28-18(13-27-11-8-23-14-27)24-25-20(28)15-6-9-26(10-7-15)12-16-4-3-5-17(21)19(16)22/h3-5,8,11,14-15H,2,6-7,9-10,12-13H2,1H3. The lowest BCUT2D eigenvalue weighted by Gasteiger charge is -2.31. The van der Waals surface area contributed by atoms with E-state index in [2.05, 4.69) is 31.6 Å². The summed E-state index contributed by atoms with van der Waals surface area (Å²) in [6.45, 7) is 5.66. The summed E-state index contributed by atoms with van der Waals surface area (Å²) in [7, 11) is 0. The van der Waals surface area contributed by atoms with E-state index in [-0.39, 0.29) is 0 Å². The molecule has 0 spiro atoms. The summed E-state index contributed by atoms with van der Waals surface area (Å²) in [6, 6.07) is 4.37. The Kier molecular flexibility index (Phi) is 5.47. The smallest absolute Gasteiger partial charge is 0.163 e. The average molecular weight is 386 g/mol. The molecule has 0 radical (unpaired) electrons. The van der Waals surface area contributed by atoms with Gasteiger partial charge in [-0.1, -0.05) is 12.1 Å². The minimum atomic E-state index is -0.783. The number of piperidine rings is 1. The Hall–Kier alpha value is -2.61. The van der Waals surface area contributed by atoms with Gasteiger partial charge >= 0.3 is 0 Å². The van der Waals surface area contributed by atoms with Crippen LogP contribution in [0.2, 0.25) is 0 Å². The quantitative estimate of drug-likeness (QED) is 0.653. The molecular weight excluding hydrogens is 362 g/mol. The number of halogens is 2. The van der Waals surface area contributed by atoms with Crippen molar-refractivity contribution < 1.29 is 8.78 Å². The van der Waals surface area contributed by atoms with E-state index in [4.69, 9.17) is 0 Å². The number of hydrogen-bond acceptors (Lipinski definition) is 4. The molecule has 3 heterocycles. The van der Waals surface area contributed by atoms with Crippen LogP contribution in [0, 0.1) is 11.6 Å². The van der Waals surface area contributed by atoms with Crippen molar-refractivity contribution in [3.8, 4) is 0 Å². The lowest BCUT2D eigenvalue weighted by atomic mass is 9.95. The Morgan fingerprint density at radius 1 is 1.11 bits per heavy atom. The SMILES string of the molecule is CCn1c(Cn2ccnc2)nnc1C1CCN(Cc2cccc(F)c2F)CC1. The van der Waals surface area contributed by atoms with Crippen molar-refractivity contribution in [2.45, 2.75) is 45.3 Å². The van der Waals surface area contributed by atoms with Gasteiger partial charge in [-0.05, 0) is 38.9 Å². The fourth-order valence-corrected chi connectivity index (χ4v) is 3.92. The molecule has 0 saturated carbocycles. The minimum Gasteiger partial charge on any atom is -0.330 e. The van der Waals surface area contributed by atoms with Crippen LogP contribution in [-0.2, 0) is 19.6 Å². The number of hydrogen-bond donors (Lipinski definition) is 0. The van der Waals surface area contributed by atoms with Gasteiger partial charge in [-0.2, -0.15) is 0 Å². The summed E-state index contributed by atoms with van der Waals surface area (Å²) < 4.78 is 31.5. The van der Waals surface area contributed by atoms with Crippen molar-refractivity contribution in [1.29, 1.82) is 0 Å². The molecule has 4 rings (SSSR count). The third kappa shape index (κ3) is 3.82. The Bertz CT molecular complexity index is 913. The van der Waals surface area contributed by atoms with Gasteiger partial charge in [0.25, 0.3) is 0 Å². The first-order chi connectivity index (χ1) is 13.7. The first-order valence-corrected chi connectivity index (χ1v) is 9.68. The second-order valence-electron chi connectivity index (χ2n) is 7.22. The van der Waals surface area contributed by atoms with Crippen LogP contribution in [0.25, 0.3) is 0 Å². The fraction of sp³-hybridized carbons (Fsp3) is 0.450. The molecule has 0 unspecified atom stereocenters. The Morgan fingerprint density at radius 2 is 1.93 bits per heavy atom. The predicted molar refractivity (Wildman–Crippen MR) is 101 cm³/mol. The molecule has 3 aromatic rings. The Balaban J connectivity index is 1.41. The monoisotopic (exact) mass is 386 g/mol. The topological polar surface area (TPSA) is 51.8 Å². The molecule has 0 aliphatic carbocycles. The second-order valence-corrected chi connectivity index (χ2v) is 7.22. The summed E-state index contributed by atoms with van der Waals surface area (Å²) in [5, 5.41) is 8.88. The van der Waals surface area contributed by atoms with Crippen LogP contribution in [0.1, 0.15) is 42.9 Å². The van der Waals surface area contributed by atoms with Crippen molar-refractivity contribution in [2.24, 2.45) is 0 Å². The molecule has 1 aromatic carbocycles. The third-order valence-corrected chi connectivity index (χ3v) is 5.43. The maximum Gasteiger partial charge on any atom is 0.163 e. The highest BCUT2D eigenvalue weighted by Gasteiger charge is 2.26. The van der Waals surface area contributed by atoms with Gasteiger partial charge < -0.3 is 9.13 Å². The first kappa shape index (κ1) is 18.7. The number of likely N-dealkylation sites (tertiary alicyclic amines) is 1. The van der Waals surface area contributed by atoms with Gasteiger partial charge in [0, 0.05) is 37.0 Å². The van der Waals surface area contributed by atoms with Gasteiger partial charge in [0.15, 0.2) is 17.5 Å². The van der Waals surface area contributed by atoms with Gasteiger partial charge in [-0.3, -0.25) is 4.90 Å². The largest absolute Gasteiger partial charge is 0.330 e. The molecule has 1 aliphatic heterocycles. The van der Waals surface area contributed by atoms with Crippen molar-refractivity contribution in [2.75, 3.05) is 13.1 Å². The highest BCUT2D eigenvalue weighted by molar-refractivity contribution is 5.19.